The van der Waals surface area contributed by atoms with E-state index in [1.165, 1.54) is 12.1 Å². The summed E-state index contributed by atoms with van der Waals surface area (Å²) >= 11 is 0. The maximum Gasteiger partial charge on any atom is 0.125 e. The summed E-state index contributed by atoms with van der Waals surface area (Å²) in [6, 6.07) is 5.05. The fraction of sp³-hybridized carbons (Fsp3) is 0.562. The fourth-order valence-electron chi connectivity index (χ4n) is 2.34. The lowest BCUT2D eigenvalue weighted by Gasteiger charge is -2.27. The molecule has 0 saturated heterocycles. The second-order valence-electron chi connectivity index (χ2n) is 6.80. The molecular weight excluding hydrogens is 253 g/mol. The monoisotopic (exact) mass is 277 g/mol. The van der Waals surface area contributed by atoms with Crippen molar-refractivity contribution in [3.63, 3.8) is 0 Å². The molecule has 0 spiro atoms. The molecule has 0 radical (unpaired) electrons. The van der Waals surface area contributed by atoms with E-state index in [0.717, 1.165) is 11.3 Å². The first kappa shape index (κ1) is 15.0. The predicted octanol–water partition coefficient (Wildman–Crippen LogP) is 3.67. The normalized spacial score (nSPS) is 14.2. The van der Waals surface area contributed by atoms with Crippen LogP contribution in [0.25, 0.3) is 11.0 Å². The predicted molar refractivity (Wildman–Crippen MR) is 81.2 cm³/mol. The SMILES string of the molecule is CC(C)n1c(CC(N)C(C)(C)C)nc2cc(F)ccc21. The molecule has 0 aliphatic carbocycles. The summed E-state index contributed by atoms with van der Waals surface area (Å²) in [5.41, 5.74) is 7.97. The molecule has 2 N–H and O–H groups in total. The number of hydrogen-bond acceptors (Lipinski definition) is 2. The largest absolute Gasteiger partial charge is 0.327 e. The highest BCUT2D eigenvalue weighted by Gasteiger charge is 2.24. The van der Waals surface area contributed by atoms with Gasteiger partial charge in [-0.15, -0.1) is 0 Å². The van der Waals surface area contributed by atoms with Crippen LogP contribution in [0.15, 0.2) is 18.2 Å². The number of halogens is 1. The van der Waals surface area contributed by atoms with Crippen molar-refractivity contribution in [2.24, 2.45) is 11.1 Å². The summed E-state index contributed by atoms with van der Waals surface area (Å²) in [6.45, 7) is 10.6. The van der Waals surface area contributed by atoms with Gasteiger partial charge in [0.1, 0.15) is 11.6 Å². The third-order valence-corrected chi connectivity index (χ3v) is 3.76. The summed E-state index contributed by atoms with van der Waals surface area (Å²) in [6.07, 6.45) is 0.692. The molecular formula is C16H24FN3. The minimum absolute atomic E-state index is 0.0154. The van der Waals surface area contributed by atoms with Crippen molar-refractivity contribution < 1.29 is 4.39 Å². The zero-order chi connectivity index (χ0) is 15.1. The Balaban J connectivity index is 2.49. The number of rotatable bonds is 3. The lowest BCUT2D eigenvalue weighted by Crippen LogP contribution is -2.37. The van der Waals surface area contributed by atoms with Crippen LogP contribution in [0.2, 0.25) is 0 Å². The van der Waals surface area contributed by atoms with Gasteiger partial charge in [-0.05, 0) is 31.4 Å². The van der Waals surface area contributed by atoms with Crippen molar-refractivity contribution in [2.45, 2.75) is 53.1 Å². The molecule has 2 aromatic rings. The molecule has 0 bridgehead atoms. The van der Waals surface area contributed by atoms with Crippen LogP contribution in [-0.4, -0.2) is 15.6 Å². The molecule has 0 fully saturated rings. The molecule has 110 valence electrons. The fourth-order valence-corrected chi connectivity index (χ4v) is 2.34. The third kappa shape index (κ3) is 2.85. The Morgan fingerprint density at radius 1 is 1.30 bits per heavy atom. The van der Waals surface area contributed by atoms with Gasteiger partial charge in [0.25, 0.3) is 0 Å². The quantitative estimate of drug-likeness (QED) is 0.930. The number of aromatic nitrogens is 2. The summed E-state index contributed by atoms with van der Waals surface area (Å²) in [4.78, 5) is 4.59. The van der Waals surface area contributed by atoms with Gasteiger partial charge < -0.3 is 10.3 Å². The molecule has 1 unspecified atom stereocenters. The Hall–Kier alpha value is -1.42. The molecule has 0 saturated carbocycles. The Bertz CT molecular complexity index is 608. The average Bonchev–Trinajstić information content (AvgIpc) is 2.64. The van der Waals surface area contributed by atoms with Crippen LogP contribution in [0.4, 0.5) is 4.39 Å². The molecule has 0 aliphatic rings. The molecule has 0 amide bonds. The van der Waals surface area contributed by atoms with E-state index in [-0.39, 0.29) is 23.3 Å². The maximum absolute atomic E-state index is 13.4. The van der Waals surface area contributed by atoms with E-state index in [0.29, 0.717) is 11.9 Å². The zero-order valence-corrected chi connectivity index (χ0v) is 12.9. The highest BCUT2D eigenvalue weighted by Crippen LogP contribution is 2.26. The van der Waals surface area contributed by atoms with E-state index >= 15 is 0 Å². The molecule has 1 heterocycles. The van der Waals surface area contributed by atoms with Crippen LogP contribution in [0.1, 0.15) is 46.5 Å². The number of imidazole rings is 1. The van der Waals surface area contributed by atoms with Crippen LogP contribution in [-0.2, 0) is 6.42 Å². The summed E-state index contributed by atoms with van der Waals surface area (Å²) in [7, 11) is 0. The zero-order valence-electron chi connectivity index (χ0n) is 12.9. The van der Waals surface area contributed by atoms with Gasteiger partial charge in [-0.1, -0.05) is 20.8 Å². The number of fused-ring (bicyclic) bond motifs is 1. The highest BCUT2D eigenvalue weighted by molar-refractivity contribution is 5.76. The van der Waals surface area contributed by atoms with Crippen molar-refractivity contribution in [3.05, 3.63) is 29.8 Å². The molecule has 1 aromatic carbocycles. The summed E-state index contributed by atoms with van der Waals surface area (Å²) < 4.78 is 15.5. The maximum atomic E-state index is 13.4. The first-order valence-electron chi connectivity index (χ1n) is 7.12. The molecule has 4 heteroatoms. The minimum atomic E-state index is -0.252. The van der Waals surface area contributed by atoms with Gasteiger partial charge in [0.15, 0.2) is 0 Å². The minimum Gasteiger partial charge on any atom is -0.327 e. The van der Waals surface area contributed by atoms with Crippen LogP contribution in [0.3, 0.4) is 0 Å². The lowest BCUT2D eigenvalue weighted by atomic mass is 9.85. The average molecular weight is 277 g/mol. The van der Waals surface area contributed by atoms with E-state index in [9.17, 15) is 4.39 Å². The second-order valence-corrected chi connectivity index (χ2v) is 6.80. The van der Waals surface area contributed by atoms with E-state index < -0.39 is 0 Å². The summed E-state index contributed by atoms with van der Waals surface area (Å²) in [5.74, 6) is 0.681. The van der Waals surface area contributed by atoms with Crippen LogP contribution in [0.5, 0.6) is 0 Å². The molecule has 3 nitrogen and oxygen atoms in total. The van der Waals surface area contributed by atoms with Gasteiger partial charge in [-0.25, -0.2) is 9.37 Å². The molecule has 1 atom stereocenters. The van der Waals surface area contributed by atoms with Crippen molar-refractivity contribution in [2.75, 3.05) is 0 Å². The van der Waals surface area contributed by atoms with Crippen molar-refractivity contribution >= 4 is 11.0 Å². The summed E-state index contributed by atoms with van der Waals surface area (Å²) in [5, 5.41) is 0. The Morgan fingerprint density at radius 3 is 2.50 bits per heavy atom. The number of hydrogen-bond donors (Lipinski definition) is 1. The van der Waals surface area contributed by atoms with Gasteiger partial charge in [0.05, 0.1) is 11.0 Å². The Kier molecular flexibility index (Phi) is 3.87. The van der Waals surface area contributed by atoms with E-state index in [2.05, 4.69) is 44.2 Å². The van der Waals surface area contributed by atoms with E-state index in [4.69, 9.17) is 5.73 Å². The first-order valence-corrected chi connectivity index (χ1v) is 7.12. The number of benzene rings is 1. The van der Waals surface area contributed by atoms with Gasteiger partial charge >= 0.3 is 0 Å². The van der Waals surface area contributed by atoms with Gasteiger partial charge in [-0.2, -0.15) is 0 Å². The Labute approximate surface area is 120 Å². The molecule has 2 rings (SSSR count). The number of nitrogens with zero attached hydrogens (tertiary/aromatic N) is 2. The number of nitrogens with two attached hydrogens (primary N) is 1. The second kappa shape index (κ2) is 5.17. The Morgan fingerprint density at radius 2 is 1.95 bits per heavy atom. The van der Waals surface area contributed by atoms with E-state index in [1.54, 1.807) is 6.07 Å². The van der Waals surface area contributed by atoms with Gasteiger partial charge in [-0.3, -0.25) is 0 Å². The first-order chi connectivity index (χ1) is 9.20. The van der Waals surface area contributed by atoms with Crippen molar-refractivity contribution in [1.82, 2.24) is 9.55 Å². The molecule has 20 heavy (non-hydrogen) atoms. The van der Waals surface area contributed by atoms with Crippen LogP contribution >= 0.6 is 0 Å². The molecule has 1 aromatic heterocycles. The van der Waals surface area contributed by atoms with Crippen molar-refractivity contribution in [1.29, 1.82) is 0 Å². The standard InChI is InChI=1S/C16H24FN3/c1-10(2)20-13-7-6-11(17)8-12(13)19-15(20)9-14(18)16(3,4)5/h6-8,10,14H,9,18H2,1-5H3. The smallest absolute Gasteiger partial charge is 0.125 e. The van der Waals surface area contributed by atoms with Crippen LogP contribution in [0, 0.1) is 11.2 Å². The topological polar surface area (TPSA) is 43.8 Å². The van der Waals surface area contributed by atoms with Crippen molar-refractivity contribution in [3.8, 4) is 0 Å². The van der Waals surface area contributed by atoms with E-state index in [1.807, 2.05) is 0 Å². The molecule has 0 aliphatic heterocycles. The van der Waals surface area contributed by atoms with Gasteiger partial charge in [0, 0.05) is 24.6 Å². The third-order valence-electron chi connectivity index (χ3n) is 3.76. The lowest BCUT2D eigenvalue weighted by molar-refractivity contribution is 0.311. The van der Waals surface area contributed by atoms with Crippen LogP contribution < -0.4 is 5.73 Å². The highest BCUT2D eigenvalue weighted by atomic mass is 19.1. The van der Waals surface area contributed by atoms with Gasteiger partial charge in [0.2, 0.25) is 0 Å².